The van der Waals surface area contributed by atoms with Crippen LogP contribution < -0.4 is 19.9 Å². The van der Waals surface area contributed by atoms with Crippen LogP contribution in [0.2, 0.25) is 0 Å². The Bertz CT molecular complexity index is 589. The third-order valence-electron chi connectivity index (χ3n) is 3.93. The molecule has 0 spiro atoms. The van der Waals surface area contributed by atoms with Gasteiger partial charge in [0.1, 0.15) is 16.4 Å². The van der Waals surface area contributed by atoms with E-state index in [-0.39, 0.29) is 22.6 Å². The molecule has 118 valence electrons. The van der Waals surface area contributed by atoms with Gasteiger partial charge < -0.3 is 15.2 Å². The van der Waals surface area contributed by atoms with Crippen molar-refractivity contribution in [1.29, 1.82) is 0 Å². The van der Waals surface area contributed by atoms with E-state index in [1.807, 2.05) is 0 Å². The number of hydrogen-bond donors (Lipinski definition) is 2. The average molecular weight is 314 g/mol. The first kappa shape index (κ1) is 16.1. The van der Waals surface area contributed by atoms with Gasteiger partial charge in [-0.25, -0.2) is 13.1 Å². The van der Waals surface area contributed by atoms with Crippen molar-refractivity contribution in [3.05, 3.63) is 18.2 Å². The Morgan fingerprint density at radius 3 is 2.67 bits per heavy atom. The van der Waals surface area contributed by atoms with Gasteiger partial charge in [0, 0.05) is 12.1 Å². The van der Waals surface area contributed by atoms with Gasteiger partial charge in [0.05, 0.1) is 14.2 Å². The fourth-order valence-electron chi connectivity index (χ4n) is 2.73. The quantitative estimate of drug-likeness (QED) is 0.821. The van der Waals surface area contributed by atoms with E-state index in [9.17, 15) is 8.42 Å². The Hall–Kier alpha value is -1.31. The zero-order chi connectivity index (χ0) is 15.5. The third kappa shape index (κ3) is 3.48. The van der Waals surface area contributed by atoms with E-state index in [2.05, 4.69) is 4.72 Å². The van der Waals surface area contributed by atoms with Gasteiger partial charge in [0.2, 0.25) is 10.0 Å². The van der Waals surface area contributed by atoms with Crippen molar-refractivity contribution < 1.29 is 17.9 Å². The number of rotatable bonds is 6. The molecule has 0 aromatic heterocycles. The van der Waals surface area contributed by atoms with Crippen LogP contribution in [0, 0.1) is 5.92 Å². The molecule has 0 amide bonds. The SMILES string of the molecule is COc1ccc(S(=O)(=O)NC2CCCC2CN)c(OC)c1. The number of sulfonamides is 1. The highest BCUT2D eigenvalue weighted by atomic mass is 32.2. The van der Waals surface area contributed by atoms with Crippen LogP contribution in [0.15, 0.2) is 23.1 Å². The predicted octanol–water partition coefficient (Wildman–Crippen LogP) is 1.11. The molecule has 2 rings (SSSR count). The summed E-state index contributed by atoms with van der Waals surface area (Å²) >= 11 is 0. The lowest BCUT2D eigenvalue weighted by atomic mass is 10.1. The van der Waals surface area contributed by atoms with Crippen LogP contribution in [-0.2, 0) is 10.0 Å². The van der Waals surface area contributed by atoms with Crippen LogP contribution in [0.1, 0.15) is 19.3 Å². The van der Waals surface area contributed by atoms with Crippen molar-refractivity contribution in [2.24, 2.45) is 11.7 Å². The van der Waals surface area contributed by atoms with Crippen molar-refractivity contribution in [2.45, 2.75) is 30.2 Å². The molecule has 0 saturated heterocycles. The Labute approximate surface area is 125 Å². The number of benzene rings is 1. The molecule has 0 aliphatic heterocycles. The van der Waals surface area contributed by atoms with E-state index in [1.165, 1.54) is 20.3 Å². The number of nitrogens with one attached hydrogen (secondary N) is 1. The second-order valence-electron chi connectivity index (χ2n) is 5.17. The molecule has 3 N–H and O–H groups in total. The Morgan fingerprint density at radius 2 is 2.05 bits per heavy atom. The maximum absolute atomic E-state index is 12.6. The minimum atomic E-state index is -3.64. The highest BCUT2D eigenvalue weighted by Gasteiger charge is 2.31. The second kappa shape index (κ2) is 6.64. The third-order valence-corrected chi connectivity index (χ3v) is 5.46. The molecule has 7 heteroatoms. The molecule has 0 heterocycles. The molecule has 1 saturated carbocycles. The highest BCUT2D eigenvalue weighted by molar-refractivity contribution is 7.89. The zero-order valence-corrected chi connectivity index (χ0v) is 13.2. The minimum absolute atomic E-state index is 0.105. The van der Waals surface area contributed by atoms with Crippen LogP contribution >= 0.6 is 0 Å². The van der Waals surface area contributed by atoms with Gasteiger partial charge in [-0.05, 0) is 37.4 Å². The highest BCUT2D eigenvalue weighted by Crippen LogP contribution is 2.31. The summed E-state index contributed by atoms with van der Waals surface area (Å²) in [5.74, 6) is 1.01. The van der Waals surface area contributed by atoms with E-state index >= 15 is 0 Å². The van der Waals surface area contributed by atoms with Crippen molar-refractivity contribution in [3.8, 4) is 11.5 Å². The number of nitrogens with two attached hydrogens (primary N) is 1. The predicted molar refractivity (Wildman–Crippen MR) is 80.1 cm³/mol. The van der Waals surface area contributed by atoms with E-state index in [1.54, 1.807) is 12.1 Å². The zero-order valence-electron chi connectivity index (χ0n) is 12.3. The Balaban J connectivity index is 2.27. The van der Waals surface area contributed by atoms with E-state index in [0.717, 1.165) is 19.3 Å². The molecule has 21 heavy (non-hydrogen) atoms. The van der Waals surface area contributed by atoms with Crippen LogP contribution in [-0.4, -0.2) is 35.2 Å². The molecule has 2 atom stereocenters. The van der Waals surface area contributed by atoms with Crippen molar-refractivity contribution in [1.82, 2.24) is 4.72 Å². The summed E-state index contributed by atoms with van der Waals surface area (Å²) in [6.07, 6.45) is 2.78. The lowest BCUT2D eigenvalue weighted by Gasteiger charge is -2.20. The summed E-state index contributed by atoms with van der Waals surface area (Å²) in [5, 5.41) is 0. The summed E-state index contributed by atoms with van der Waals surface area (Å²) in [6.45, 7) is 0.493. The molecule has 1 aromatic carbocycles. The van der Waals surface area contributed by atoms with Crippen molar-refractivity contribution in [3.63, 3.8) is 0 Å². The van der Waals surface area contributed by atoms with Gasteiger partial charge in [-0.3, -0.25) is 0 Å². The first-order valence-electron chi connectivity index (χ1n) is 6.96. The van der Waals surface area contributed by atoms with Crippen LogP contribution in [0.3, 0.4) is 0 Å². The van der Waals surface area contributed by atoms with Gasteiger partial charge in [-0.15, -0.1) is 0 Å². The molecule has 0 radical (unpaired) electrons. The minimum Gasteiger partial charge on any atom is -0.497 e. The van der Waals surface area contributed by atoms with E-state index in [4.69, 9.17) is 15.2 Å². The summed E-state index contributed by atoms with van der Waals surface area (Å²) in [7, 11) is -0.685. The molecular weight excluding hydrogens is 292 g/mol. The van der Waals surface area contributed by atoms with Crippen LogP contribution in [0.5, 0.6) is 11.5 Å². The second-order valence-corrected chi connectivity index (χ2v) is 6.85. The first-order valence-corrected chi connectivity index (χ1v) is 8.44. The van der Waals surface area contributed by atoms with Gasteiger partial charge in [0.25, 0.3) is 0 Å². The molecule has 1 fully saturated rings. The molecule has 2 unspecified atom stereocenters. The van der Waals surface area contributed by atoms with Crippen LogP contribution in [0.4, 0.5) is 0 Å². The molecule has 0 bridgehead atoms. The number of ether oxygens (including phenoxy) is 2. The fraction of sp³-hybridized carbons (Fsp3) is 0.571. The lowest BCUT2D eigenvalue weighted by molar-refractivity contribution is 0.385. The molecule has 1 aliphatic carbocycles. The maximum Gasteiger partial charge on any atom is 0.244 e. The smallest absolute Gasteiger partial charge is 0.244 e. The van der Waals surface area contributed by atoms with Crippen molar-refractivity contribution in [2.75, 3.05) is 20.8 Å². The standard InChI is InChI=1S/C14H22N2O4S/c1-19-11-6-7-14(13(8-11)20-2)21(17,18)16-12-5-3-4-10(12)9-15/h6-8,10,12,16H,3-5,9,15H2,1-2H3. The maximum atomic E-state index is 12.6. The fourth-order valence-corrected chi connectivity index (χ4v) is 4.22. The lowest BCUT2D eigenvalue weighted by Crippen LogP contribution is -2.39. The topological polar surface area (TPSA) is 90.7 Å². The van der Waals surface area contributed by atoms with Crippen LogP contribution in [0.25, 0.3) is 0 Å². The monoisotopic (exact) mass is 314 g/mol. The summed E-state index contributed by atoms with van der Waals surface area (Å²) in [4.78, 5) is 0.119. The normalized spacial score (nSPS) is 22.2. The first-order chi connectivity index (χ1) is 10.0. The largest absolute Gasteiger partial charge is 0.497 e. The van der Waals surface area contributed by atoms with Crippen molar-refractivity contribution >= 4 is 10.0 Å². The average Bonchev–Trinajstić information content (AvgIpc) is 2.92. The molecule has 6 nitrogen and oxygen atoms in total. The summed E-state index contributed by atoms with van der Waals surface area (Å²) in [5.41, 5.74) is 5.70. The Morgan fingerprint density at radius 1 is 1.29 bits per heavy atom. The van der Waals surface area contributed by atoms with E-state index in [0.29, 0.717) is 12.3 Å². The van der Waals surface area contributed by atoms with E-state index < -0.39 is 10.0 Å². The summed E-state index contributed by atoms with van der Waals surface area (Å²) in [6, 6.07) is 4.55. The number of methoxy groups -OCH3 is 2. The van der Waals surface area contributed by atoms with Gasteiger partial charge in [0.15, 0.2) is 0 Å². The Kier molecular flexibility index (Phi) is 5.08. The van der Waals surface area contributed by atoms with Gasteiger partial charge in [-0.1, -0.05) is 6.42 Å². The molecular formula is C14H22N2O4S. The molecule has 1 aromatic rings. The number of hydrogen-bond acceptors (Lipinski definition) is 5. The van der Waals surface area contributed by atoms with Gasteiger partial charge in [-0.2, -0.15) is 0 Å². The van der Waals surface area contributed by atoms with Gasteiger partial charge >= 0.3 is 0 Å². The summed E-state index contributed by atoms with van der Waals surface area (Å²) < 4.78 is 38.1. The molecule has 1 aliphatic rings.